The quantitative estimate of drug-likeness (QED) is 0.406. The van der Waals surface area contributed by atoms with E-state index < -0.39 is 22.8 Å². The van der Waals surface area contributed by atoms with E-state index in [1.807, 2.05) is 0 Å². The van der Waals surface area contributed by atoms with Gasteiger partial charge in [-0.05, 0) is 56.8 Å². The number of rotatable bonds is 9. The van der Waals surface area contributed by atoms with E-state index in [9.17, 15) is 28.3 Å². The maximum absolute atomic E-state index is 13.9. The van der Waals surface area contributed by atoms with Crippen molar-refractivity contribution in [2.24, 2.45) is 0 Å². The highest BCUT2D eigenvalue weighted by Crippen LogP contribution is 2.38. The van der Waals surface area contributed by atoms with Crippen molar-refractivity contribution in [2.75, 3.05) is 30.1 Å². The van der Waals surface area contributed by atoms with Crippen LogP contribution in [0, 0.1) is 11.6 Å². The molecule has 2 amide bonds. The molecule has 1 aromatic heterocycles. The number of likely N-dealkylation sites (N-methyl/N-ethyl adjacent to an activating group) is 1. The Morgan fingerprint density at radius 3 is 2.48 bits per heavy atom. The van der Waals surface area contributed by atoms with Gasteiger partial charge in [-0.15, -0.1) is 0 Å². The van der Waals surface area contributed by atoms with Crippen LogP contribution in [0.15, 0.2) is 53.5 Å². The minimum absolute atomic E-state index is 0.000670. The van der Waals surface area contributed by atoms with E-state index in [1.165, 1.54) is 46.5 Å². The average molecular weight is 575 g/mol. The van der Waals surface area contributed by atoms with E-state index in [-0.39, 0.29) is 60.9 Å². The molecule has 0 spiro atoms. The maximum Gasteiger partial charge on any atom is 0.273 e. The third-order valence-corrected chi connectivity index (χ3v) is 6.59. The second-order valence-corrected chi connectivity index (χ2v) is 10.5. The maximum atomic E-state index is 13.9. The van der Waals surface area contributed by atoms with Gasteiger partial charge in [0.2, 0.25) is 11.8 Å². The molecule has 2 heterocycles. The van der Waals surface area contributed by atoms with Crippen LogP contribution in [0.5, 0.6) is 5.75 Å². The predicted octanol–water partition coefficient (Wildman–Crippen LogP) is 3.42. The topological polar surface area (TPSA) is 104 Å². The lowest BCUT2D eigenvalue weighted by Gasteiger charge is -2.23. The van der Waals surface area contributed by atoms with E-state index >= 15 is 0 Å². The van der Waals surface area contributed by atoms with Gasteiger partial charge >= 0.3 is 0 Å². The molecule has 0 saturated heterocycles. The summed E-state index contributed by atoms with van der Waals surface area (Å²) in [5, 5.41) is 12.8. The second-order valence-electron chi connectivity index (χ2n) is 10.1. The standard InChI is InChI=1S/C28H29ClF2N4O5/c1-28(2,39)12-24(36)35-16-34(25(37)13-32-3)21-7-4-17(10-22(21)35)14-33-9-8-23(26(29)27(33)38)40-15-18-5-6-19(30)11-20(18)31/h4-11,32,39H,12-16H2,1-3H3. The van der Waals surface area contributed by atoms with Crippen LogP contribution in [0.1, 0.15) is 31.4 Å². The molecule has 0 unspecified atom stereocenters. The van der Waals surface area contributed by atoms with Crippen LogP contribution in [-0.4, -0.2) is 47.4 Å². The number of aromatic nitrogens is 1. The number of hydrogen-bond donors (Lipinski definition) is 2. The Bertz CT molecular complexity index is 1500. The van der Waals surface area contributed by atoms with Gasteiger partial charge in [-0.3, -0.25) is 24.2 Å². The first-order valence-electron chi connectivity index (χ1n) is 12.4. The third-order valence-electron chi connectivity index (χ3n) is 6.24. The lowest BCUT2D eigenvalue weighted by atomic mass is 10.0. The Balaban J connectivity index is 1.57. The number of anilines is 2. The average Bonchev–Trinajstić information content (AvgIpc) is 3.26. The number of carbonyl (C=O) groups is 2. The van der Waals surface area contributed by atoms with E-state index in [0.29, 0.717) is 16.9 Å². The van der Waals surface area contributed by atoms with Crippen molar-refractivity contribution in [1.82, 2.24) is 9.88 Å². The van der Waals surface area contributed by atoms with E-state index in [4.69, 9.17) is 16.3 Å². The van der Waals surface area contributed by atoms with Crippen molar-refractivity contribution in [3.05, 3.63) is 86.8 Å². The predicted molar refractivity (Wildman–Crippen MR) is 147 cm³/mol. The first-order chi connectivity index (χ1) is 18.9. The Kier molecular flexibility index (Phi) is 8.57. The molecule has 40 heavy (non-hydrogen) atoms. The van der Waals surface area contributed by atoms with Gasteiger partial charge in [-0.25, -0.2) is 8.78 Å². The van der Waals surface area contributed by atoms with Gasteiger partial charge in [0.1, 0.15) is 35.7 Å². The number of pyridine rings is 1. The number of ether oxygens (including phenoxy) is 1. The Hall–Kier alpha value is -3.80. The molecular weight excluding hydrogens is 546 g/mol. The number of carbonyl (C=O) groups excluding carboxylic acids is 2. The number of halogens is 3. The molecule has 0 atom stereocenters. The van der Waals surface area contributed by atoms with Gasteiger partial charge in [-0.1, -0.05) is 17.7 Å². The van der Waals surface area contributed by atoms with Gasteiger partial charge < -0.3 is 19.7 Å². The van der Waals surface area contributed by atoms with Crippen molar-refractivity contribution in [3.8, 4) is 5.75 Å². The number of aliphatic hydroxyl groups is 1. The monoisotopic (exact) mass is 574 g/mol. The summed E-state index contributed by atoms with van der Waals surface area (Å²) in [5.74, 6) is -2.03. The number of benzene rings is 2. The zero-order chi connectivity index (χ0) is 29.2. The summed E-state index contributed by atoms with van der Waals surface area (Å²) in [7, 11) is 1.65. The van der Waals surface area contributed by atoms with Crippen LogP contribution in [0.4, 0.5) is 20.2 Å². The highest BCUT2D eigenvalue weighted by Gasteiger charge is 2.35. The minimum Gasteiger partial charge on any atom is -0.487 e. The van der Waals surface area contributed by atoms with Crippen LogP contribution in [-0.2, 0) is 22.7 Å². The number of hydrogen-bond acceptors (Lipinski definition) is 6. The molecule has 1 aliphatic rings. The fourth-order valence-corrected chi connectivity index (χ4v) is 4.53. The molecule has 2 aromatic carbocycles. The molecule has 9 nitrogen and oxygen atoms in total. The van der Waals surface area contributed by atoms with Crippen LogP contribution in [0.2, 0.25) is 5.02 Å². The first kappa shape index (κ1) is 29.2. The van der Waals surface area contributed by atoms with Crippen LogP contribution in [0.25, 0.3) is 0 Å². The fourth-order valence-electron chi connectivity index (χ4n) is 4.30. The van der Waals surface area contributed by atoms with Gasteiger partial charge in [0, 0.05) is 17.8 Å². The first-order valence-corrected chi connectivity index (χ1v) is 12.8. The van der Waals surface area contributed by atoms with Gasteiger partial charge in [0.15, 0.2) is 0 Å². The normalized spacial score (nSPS) is 13.0. The summed E-state index contributed by atoms with van der Waals surface area (Å²) in [6.45, 7) is 2.98. The molecule has 0 radical (unpaired) electrons. The Morgan fingerprint density at radius 2 is 1.80 bits per heavy atom. The fraction of sp³-hybridized carbons (Fsp3) is 0.321. The van der Waals surface area contributed by atoms with Crippen LogP contribution < -0.4 is 25.4 Å². The summed E-state index contributed by atoms with van der Waals surface area (Å²) in [4.78, 5) is 41.6. The lowest BCUT2D eigenvalue weighted by Crippen LogP contribution is -2.43. The molecule has 212 valence electrons. The molecular formula is C28H29ClF2N4O5. The van der Waals surface area contributed by atoms with Crippen molar-refractivity contribution < 1.29 is 28.2 Å². The Labute approximate surface area is 234 Å². The molecule has 3 aromatic rings. The molecule has 0 aliphatic carbocycles. The van der Waals surface area contributed by atoms with Gasteiger partial charge in [-0.2, -0.15) is 0 Å². The summed E-state index contributed by atoms with van der Waals surface area (Å²) in [5.41, 5.74) is -0.0197. The number of nitrogens with one attached hydrogen (secondary N) is 1. The summed E-state index contributed by atoms with van der Waals surface area (Å²) < 4.78 is 33.9. The van der Waals surface area contributed by atoms with Crippen molar-refractivity contribution in [3.63, 3.8) is 0 Å². The van der Waals surface area contributed by atoms with Gasteiger partial charge in [0.25, 0.3) is 5.56 Å². The summed E-state index contributed by atoms with van der Waals surface area (Å²) >= 11 is 6.26. The molecule has 1 aliphatic heterocycles. The van der Waals surface area contributed by atoms with Crippen LogP contribution >= 0.6 is 11.6 Å². The van der Waals surface area contributed by atoms with E-state index in [0.717, 1.165) is 12.1 Å². The lowest BCUT2D eigenvalue weighted by molar-refractivity contribution is -0.122. The molecule has 0 bridgehead atoms. The van der Waals surface area contributed by atoms with Crippen molar-refractivity contribution >= 4 is 34.8 Å². The number of fused-ring (bicyclic) bond motifs is 1. The smallest absolute Gasteiger partial charge is 0.273 e. The zero-order valence-electron chi connectivity index (χ0n) is 22.2. The molecule has 4 rings (SSSR count). The van der Waals surface area contributed by atoms with Crippen LogP contribution in [0.3, 0.4) is 0 Å². The Morgan fingerprint density at radius 1 is 1.07 bits per heavy atom. The van der Waals surface area contributed by atoms with Gasteiger partial charge in [0.05, 0.1) is 36.5 Å². The van der Waals surface area contributed by atoms with E-state index in [1.54, 1.807) is 25.2 Å². The third kappa shape index (κ3) is 6.49. The second kappa shape index (κ2) is 11.7. The van der Waals surface area contributed by atoms with Crippen molar-refractivity contribution in [1.29, 1.82) is 0 Å². The highest BCUT2D eigenvalue weighted by atomic mass is 35.5. The molecule has 2 N–H and O–H groups in total. The number of nitrogens with zero attached hydrogens (tertiary/aromatic N) is 3. The summed E-state index contributed by atoms with van der Waals surface area (Å²) in [6, 6.07) is 9.72. The largest absolute Gasteiger partial charge is 0.487 e. The minimum atomic E-state index is -1.24. The zero-order valence-corrected chi connectivity index (χ0v) is 23.0. The van der Waals surface area contributed by atoms with E-state index in [2.05, 4.69) is 5.32 Å². The molecule has 0 saturated carbocycles. The number of amides is 2. The highest BCUT2D eigenvalue weighted by molar-refractivity contribution is 6.31. The SMILES string of the molecule is CNCC(=O)N1CN(C(=O)CC(C)(C)O)c2cc(Cn3ccc(OCc4ccc(F)cc4F)c(Cl)c3=O)ccc21. The molecule has 12 heteroatoms. The molecule has 0 fully saturated rings. The van der Waals surface area contributed by atoms with Crippen molar-refractivity contribution in [2.45, 2.75) is 39.0 Å². The summed E-state index contributed by atoms with van der Waals surface area (Å²) in [6.07, 6.45) is 1.32.